The van der Waals surface area contributed by atoms with Crippen LogP contribution in [0, 0.1) is 6.92 Å². The first-order valence-corrected chi connectivity index (χ1v) is 6.03. The van der Waals surface area contributed by atoms with Crippen LogP contribution < -0.4 is 0 Å². The second kappa shape index (κ2) is 5.09. The van der Waals surface area contributed by atoms with Gasteiger partial charge >= 0.3 is 94.1 Å². The Morgan fingerprint density at radius 3 is 2.73 bits per heavy atom. The van der Waals surface area contributed by atoms with Crippen LogP contribution in [0.3, 0.4) is 0 Å². The number of rotatable bonds is 3. The number of carbonyl (C=O) groups excluding carboxylic acids is 1. The zero-order chi connectivity index (χ0) is 11.4. The van der Waals surface area contributed by atoms with E-state index in [0.29, 0.717) is 4.44 Å². The van der Waals surface area contributed by atoms with Gasteiger partial charge in [-0.15, -0.1) is 0 Å². The molecule has 0 saturated heterocycles. The van der Waals surface area contributed by atoms with Crippen LogP contribution >= 0.6 is 0 Å². The van der Waals surface area contributed by atoms with E-state index < -0.39 is 0 Å². The average molecular weight is 274 g/mol. The van der Waals surface area contributed by atoms with Crippen molar-refractivity contribution in [3.05, 3.63) is 14.9 Å². The van der Waals surface area contributed by atoms with E-state index >= 15 is 0 Å². The molecule has 1 rings (SSSR count). The van der Waals surface area contributed by atoms with E-state index in [1.165, 1.54) is 7.11 Å². The fourth-order valence-electron chi connectivity index (χ4n) is 0.911. The van der Waals surface area contributed by atoms with Crippen LogP contribution in [-0.2, 0) is 4.74 Å². The van der Waals surface area contributed by atoms with Gasteiger partial charge in [0.2, 0.25) is 0 Å². The van der Waals surface area contributed by atoms with E-state index in [-0.39, 0.29) is 20.5 Å². The van der Waals surface area contributed by atoms with Gasteiger partial charge in [0.05, 0.1) is 0 Å². The molecule has 0 aliphatic rings. The Labute approximate surface area is 94.5 Å². The van der Waals surface area contributed by atoms with Crippen LogP contribution in [0.25, 0.3) is 0 Å². The van der Waals surface area contributed by atoms with Gasteiger partial charge in [-0.05, 0) is 0 Å². The molecule has 0 aromatic carbocycles. The topological polar surface area (TPSA) is 54.3 Å². The third-order valence-electron chi connectivity index (χ3n) is 1.61. The summed E-state index contributed by atoms with van der Waals surface area (Å²) in [7, 11) is 4.97. The molecule has 0 amide bonds. The fraction of sp³-hybridized carbons (Fsp3) is 0.444. The molecule has 1 aromatic rings. The molecule has 1 aromatic heterocycles. The van der Waals surface area contributed by atoms with E-state index in [1.54, 1.807) is 25.2 Å². The minimum absolute atomic E-state index is 0.0216. The number of carbonyl (C=O) groups is 1. The van der Waals surface area contributed by atoms with E-state index in [0.717, 1.165) is 10.1 Å². The first kappa shape index (κ1) is 11.9. The minimum atomic E-state index is -0.274. The van der Waals surface area contributed by atoms with Gasteiger partial charge in [0.15, 0.2) is 0 Å². The van der Waals surface area contributed by atoms with Gasteiger partial charge in [-0.25, -0.2) is 0 Å². The van der Waals surface area contributed by atoms with Crippen molar-refractivity contribution < 1.29 is 9.53 Å². The average Bonchev–Trinajstić information content (AvgIpc) is 2.55. The molecule has 0 spiro atoms. The molecule has 0 N–H and O–H groups in total. The van der Waals surface area contributed by atoms with Gasteiger partial charge in [0, 0.05) is 0 Å². The van der Waals surface area contributed by atoms with Gasteiger partial charge in [0.1, 0.15) is 0 Å². The molecule has 0 fully saturated rings. The van der Waals surface area contributed by atoms with Crippen molar-refractivity contribution in [3.63, 3.8) is 0 Å². The van der Waals surface area contributed by atoms with Crippen LogP contribution in [0.4, 0.5) is 5.69 Å². The summed E-state index contributed by atoms with van der Waals surface area (Å²) in [6.45, 7) is 1.95. The molecule has 0 saturated carbocycles. The van der Waals surface area contributed by atoms with E-state index in [9.17, 15) is 4.79 Å². The predicted molar refractivity (Wildman–Crippen MR) is 57.7 cm³/mol. The maximum atomic E-state index is 11.3. The molecule has 5 nitrogen and oxygen atoms in total. The summed E-state index contributed by atoms with van der Waals surface area (Å²) in [5, 5.41) is 9.53. The van der Waals surface area contributed by atoms with Gasteiger partial charge < -0.3 is 0 Å². The van der Waals surface area contributed by atoms with Crippen molar-refractivity contribution in [2.45, 2.75) is 6.92 Å². The number of hydrogen-bond donors (Lipinski definition) is 0. The number of ether oxygens (including phenoxy) is 1. The standard InChI is InChI=1S/C9H13N3O2Se/c1-6-7(10-11-12(2)3)5-8(15-6)9(13)14-4/h5H,1-4H3/b11-10+. The Morgan fingerprint density at radius 2 is 2.20 bits per heavy atom. The van der Waals surface area contributed by atoms with Gasteiger partial charge in [-0.1, -0.05) is 0 Å². The summed E-state index contributed by atoms with van der Waals surface area (Å²) in [5.41, 5.74) is 0.768. The second-order valence-corrected chi connectivity index (χ2v) is 5.72. The Morgan fingerprint density at radius 1 is 1.53 bits per heavy atom. The van der Waals surface area contributed by atoms with E-state index in [1.807, 2.05) is 6.92 Å². The van der Waals surface area contributed by atoms with Crippen molar-refractivity contribution in [2.75, 3.05) is 21.2 Å². The number of hydrogen-bond acceptors (Lipinski definition) is 4. The first-order valence-electron chi connectivity index (χ1n) is 4.32. The molecule has 0 aliphatic carbocycles. The molecular formula is C9H13N3O2Se. The van der Waals surface area contributed by atoms with Gasteiger partial charge in [-0.3, -0.25) is 0 Å². The normalized spacial score (nSPS) is 10.7. The first-order chi connectivity index (χ1) is 7.04. The van der Waals surface area contributed by atoms with Crippen LogP contribution in [0.2, 0.25) is 0 Å². The van der Waals surface area contributed by atoms with Crippen molar-refractivity contribution in [1.29, 1.82) is 0 Å². The van der Waals surface area contributed by atoms with Gasteiger partial charge in [-0.2, -0.15) is 0 Å². The van der Waals surface area contributed by atoms with Crippen molar-refractivity contribution >= 4 is 26.2 Å². The number of methoxy groups -OCH3 is 1. The molecule has 82 valence electrons. The third kappa shape index (κ3) is 3.18. The molecule has 0 atom stereocenters. The molecule has 0 unspecified atom stereocenters. The Bertz CT molecular complexity index is 385. The van der Waals surface area contributed by atoms with E-state index in [2.05, 4.69) is 15.1 Å². The summed E-state index contributed by atoms with van der Waals surface area (Å²) >= 11 is 0.0216. The van der Waals surface area contributed by atoms with Crippen molar-refractivity contribution in [1.82, 2.24) is 5.01 Å². The van der Waals surface area contributed by atoms with Crippen molar-refractivity contribution in [3.8, 4) is 0 Å². The van der Waals surface area contributed by atoms with Crippen LogP contribution in [0.1, 0.15) is 13.7 Å². The van der Waals surface area contributed by atoms with Crippen LogP contribution in [0.5, 0.6) is 0 Å². The maximum absolute atomic E-state index is 11.3. The molecule has 0 bridgehead atoms. The van der Waals surface area contributed by atoms with Crippen molar-refractivity contribution in [2.24, 2.45) is 10.3 Å². The molecule has 0 aliphatic heterocycles. The molecule has 1 heterocycles. The Kier molecular flexibility index (Phi) is 4.05. The zero-order valence-corrected chi connectivity index (χ0v) is 10.9. The second-order valence-electron chi connectivity index (χ2n) is 3.08. The predicted octanol–water partition coefficient (Wildman–Crippen LogP) is 1.40. The summed E-state index contributed by atoms with van der Waals surface area (Å²) in [4.78, 5) is 11.3. The molecule has 15 heavy (non-hydrogen) atoms. The third-order valence-corrected chi connectivity index (χ3v) is 3.75. The monoisotopic (exact) mass is 275 g/mol. The summed E-state index contributed by atoms with van der Waals surface area (Å²) < 4.78 is 6.44. The Hall–Kier alpha value is -1.13. The number of aryl methyl sites for hydroxylation is 1. The fourth-order valence-corrected chi connectivity index (χ4v) is 2.74. The molecule has 6 heteroatoms. The SMILES string of the molecule is COC(=O)c1cc(/N=N/N(C)C)c(C)[se]1. The number of esters is 1. The van der Waals surface area contributed by atoms with Gasteiger partial charge in [0.25, 0.3) is 0 Å². The van der Waals surface area contributed by atoms with Crippen LogP contribution in [0.15, 0.2) is 16.4 Å². The summed E-state index contributed by atoms with van der Waals surface area (Å²) in [5.74, 6) is -0.274. The zero-order valence-electron chi connectivity index (χ0n) is 9.14. The van der Waals surface area contributed by atoms with E-state index in [4.69, 9.17) is 0 Å². The number of nitrogens with zero attached hydrogens (tertiary/aromatic N) is 3. The molecule has 0 radical (unpaired) electrons. The summed E-state index contributed by atoms with van der Waals surface area (Å²) in [6, 6.07) is 1.74. The Balaban J connectivity index is 2.91. The molecular weight excluding hydrogens is 261 g/mol. The quantitative estimate of drug-likeness (QED) is 0.362. The van der Waals surface area contributed by atoms with Crippen LogP contribution in [-0.4, -0.2) is 46.7 Å². The summed E-state index contributed by atoms with van der Waals surface area (Å²) in [6.07, 6.45) is 0.